The van der Waals surface area contributed by atoms with Gasteiger partial charge in [-0.3, -0.25) is 0 Å². The fourth-order valence-corrected chi connectivity index (χ4v) is 5.28. The van der Waals surface area contributed by atoms with Crippen molar-refractivity contribution >= 4 is 44.3 Å². The molecular weight excluding hydrogens is 396 g/mol. The lowest BCUT2D eigenvalue weighted by atomic mass is 9.91. The zero-order valence-electron chi connectivity index (χ0n) is 17.4. The van der Waals surface area contributed by atoms with Gasteiger partial charge in [0.15, 0.2) is 0 Å². The van der Waals surface area contributed by atoms with Gasteiger partial charge in [0.25, 0.3) is 0 Å². The topological polar surface area (TPSA) is 25.8 Å². The van der Waals surface area contributed by atoms with E-state index in [2.05, 4.69) is 98.8 Å². The minimum Gasteiger partial charge on any atom is -0.172 e. The van der Waals surface area contributed by atoms with E-state index >= 15 is 0 Å². The molecule has 0 N–H and O–H groups in total. The first-order valence-corrected chi connectivity index (χ1v) is 11.2. The first-order chi connectivity index (χ1) is 15.2. The summed E-state index contributed by atoms with van der Waals surface area (Å²) in [6, 6.07) is 30.5. The van der Waals surface area contributed by atoms with Crippen LogP contribution in [0, 0.1) is 13.8 Å². The Morgan fingerprint density at radius 3 is 1.35 bits per heavy atom. The number of aromatic nitrogens is 2. The Kier molecular flexibility index (Phi) is 4.12. The molecule has 31 heavy (non-hydrogen) atoms. The molecule has 0 atom stereocenters. The van der Waals surface area contributed by atoms with Crippen LogP contribution in [0.2, 0.25) is 0 Å². The summed E-state index contributed by atoms with van der Waals surface area (Å²) < 4.78 is 9.48. The molecule has 0 spiro atoms. The standard InChI is InChI=1S/C28H20N2S/c1-17-7-3-11-21-19(17)9-5-13-23(21)25-15-16-26(28-27(25)29-31-30-28)24-14-6-10-20-18(2)8-4-12-22(20)24/h3-16H,1-2H3. The van der Waals surface area contributed by atoms with Gasteiger partial charge in [-0.05, 0) is 57.6 Å². The van der Waals surface area contributed by atoms with Gasteiger partial charge in [-0.1, -0.05) is 84.9 Å². The highest BCUT2D eigenvalue weighted by molar-refractivity contribution is 7.00. The Morgan fingerprint density at radius 2 is 0.871 bits per heavy atom. The smallest absolute Gasteiger partial charge is 0.113 e. The van der Waals surface area contributed by atoms with Crippen LogP contribution in [0.4, 0.5) is 0 Å². The lowest BCUT2D eigenvalue weighted by molar-refractivity contribution is 1.52. The van der Waals surface area contributed by atoms with Gasteiger partial charge in [-0.2, -0.15) is 8.75 Å². The molecule has 1 heterocycles. The average molecular weight is 417 g/mol. The van der Waals surface area contributed by atoms with Crippen LogP contribution in [0.3, 0.4) is 0 Å². The Labute approximate surface area is 185 Å². The number of nitrogens with zero attached hydrogens (tertiary/aromatic N) is 2. The summed E-state index contributed by atoms with van der Waals surface area (Å²) in [6.45, 7) is 4.33. The van der Waals surface area contributed by atoms with Gasteiger partial charge in [0.1, 0.15) is 11.0 Å². The zero-order valence-corrected chi connectivity index (χ0v) is 18.2. The van der Waals surface area contributed by atoms with Gasteiger partial charge in [0.05, 0.1) is 11.7 Å². The number of hydrogen-bond acceptors (Lipinski definition) is 3. The molecule has 0 saturated heterocycles. The summed E-state index contributed by atoms with van der Waals surface area (Å²) in [5.41, 5.74) is 9.21. The number of fused-ring (bicyclic) bond motifs is 3. The predicted octanol–water partition coefficient (Wildman–Crippen LogP) is 7.95. The fraction of sp³-hybridized carbons (Fsp3) is 0.0714. The minimum atomic E-state index is 0.973. The Hall–Kier alpha value is -3.56. The fourth-order valence-electron chi connectivity index (χ4n) is 4.71. The van der Waals surface area contributed by atoms with Gasteiger partial charge in [-0.25, -0.2) is 0 Å². The Morgan fingerprint density at radius 1 is 0.452 bits per heavy atom. The highest BCUT2D eigenvalue weighted by atomic mass is 32.1. The van der Waals surface area contributed by atoms with Gasteiger partial charge in [0, 0.05) is 11.1 Å². The van der Waals surface area contributed by atoms with Crippen molar-refractivity contribution in [3.63, 3.8) is 0 Å². The molecule has 1 aromatic heterocycles. The molecule has 6 rings (SSSR count). The van der Waals surface area contributed by atoms with Crippen LogP contribution in [0.1, 0.15) is 11.1 Å². The zero-order chi connectivity index (χ0) is 20.9. The van der Waals surface area contributed by atoms with E-state index in [1.165, 1.54) is 55.5 Å². The van der Waals surface area contributed by atoms with Gasteiger partial charge < -0.3 is 0 Å². The van der Waals surface area contributed by atoms with Crippen molar-refractivity contribution in [2.45, 2.75) is 13.8 Å². The molecule has 0 amide bonds. The number of hydrogen-bond donors (Lipinski definition) is 0. The molecule has 0 unspecified atom stereocenters. The lowest BCUT2D eigenvalue weighted by Gasteiger charge is -2.12. The second-order valence-corrected chi connectivity index (χ2v) is 8.60. The van der Waals surface area contributed by atoms with Crippen LogP contribution >= 0.6 is 11.7 Å². The normalized spacial score (nSPS) is 11.5. The van der Waals surface area contributed by atoms with Crippen LogP contribution in [0.25, 0.3) is 54.8 Å². The van der Waals surface area contributed by atoms with E-state index in [0.717, 1.165) is 22.2 Å². The molecular formula is C28H20N2S. The van der Waals surface area contributed by atoms with Crippen LogP contribution in [0.15, 0.2) is 84.9 Å². The third-order valence-electron chi connectivity index (χ3n) is 6.28. The van der Waals surface area contributed by atoms with Crippen LogP contribution in [-0.2, 0) is 0 Å². The summed E-state index contributed by atoms with van der Waals surface area (Å²) in [6.07, 6.45) is 0. The van der Waals surface area contributed by atoms with Crippen molar-refractivity contribution in [2.24, 2.45) is 0 Å². The van der Waals surface area contributed by atoms with Gasteiger partial charge >= 0.3 is 0 Å². The molecule has 2 nitrogen and oxygen atoms in total. The molecule has 0 radical (unpaired) electrons. The molecule has 0 fully saturated rings. The van der Waals surface area contributed by atoms with E-state index in [4.69, 9.17) is 8.75 Å². The van der Waals surface area contributed by atoms with Crippen LogP contribution in [-0.4, -0.2) is 8.75 Å². The minimum absolute atomic E-state index is 0.973. The predicted molar refractivity (Wildman–Crippen MR) is 133 cm³/mol. The van der Waals surface area contributed by atoms with E-state index in [0.29, 0.717) is 0 Å². The van der Waals surface area contributed by atoms with E-state index in [1.807, 2.05) is 0 Å². The average Bonchev–Trinajstić information content (AvgIpc) is 3.29. The van der Waals surface area contributed by atoms with E-state index < -0.39 is 0 Å². The molecule has 0 saturated carbocycles. The Bertz CT molecular complexity index is 1490. The third-order valence-corrected chi connectivity index (χ3v) is 6.80. The summed E-state index contributed by atoms with van der Waals surface area (Å²) in [5.74, 6) is 0. The summed E-state index contributed by atoms with van der Waals surface area (Å²) in [5, 5.41) is 5.07. The number of rotatable bonds is 2. The van der Waals surface area contributed by atoms with Crippen LogP contribution < -0.4 is 0 Å². The van der Waals surface area contributed by atoms with E-state index in [9.17, 15) is 0 Å². The van der Waals surface area contributed by atoms with Crippen molar-refractivity contribution < 1.29 is 0 Å². The highest BCUT2D eigenvalue weighted by Crippen LogP contribution is 2.39. The summed E-state index contributed by atoms with van der Waals surface area (Å²) in [4.78, 5) is 0. The largest absolute Gasteiger partial charge is 0.172 e. The quantitative estimate of drug-likeness (QED) is 0.286. The maximum Gasteiger partial charge on any atom is 0.113 e. The van der Waals surface area contributed by atoms with Crippen molar-refractivity contribution in [3.8, 4) is 22.3 Å². The molecule has 5 aromatic carbocycles. The van der Waals surface area contributed by atoms with Gasteiger partial charge in [0.2, 0.25) is 0 Å². The monoisotopic (exact) mass is 416 g/mol. The van der Waals surface area contributed by atoms with Crippen molar-refractivity contribution in [1.82, 2.24) is 8.75 Å². The highest BCUT2D eigenvalue weighted by Gasteiger charge is 2.16. The number of aryl methyl sites for hydroxylation is 2. The number of benzene rings is 5. The molecule has 6 aromatic rings. The van der Waals surface area contributed by atoms with Crippen molar-refractivity contribution in [2.75, 3.05) is 0 Å². The van der Waals surface area contributed by atoms with Crippen molar-refractivity contribution in [1.29, 1.82) is 0 Å². The first kappa shape index (κ1) is 18.2. The molecule has 0 aliphatic rings. The lowest BCUT2D eigenvalue weighted by Crippen LogP contribution is -1.89. The second-order valence-electron chi connectivity index (χ2n) is 8.07. The molecule has 0 aliphatic heterocycles. The maximum atomic E-state index is 4.74. The molecule has 0 aliphatic carbocycles. The van der Waals surface area contributed by atoms with Gasteiger partial charge in [-0.15, -0.1) is 0 Å². The van der Waals surface area contributed by atoms with Crippen molar-refractivity contribution in [3.05, 3.63) is 96.1 Å². The van der Waals surface area contributed by atoms with E-state index in [1.54, 1.807) is 0 Å². The molecule has 148 valence electrons. The second kappa shape index (κ2) is 7.00. The maximum absolute atomic E-state index is 4.74. The first-order valence-electron chi connectivity index (χ1n) is 10.4. The summed E-state index contributed by atoms with van der Waals surface area (Å²) in [7, 11) is 0. The van der Waals surface area contributed by atoms with Crippen LogP contribution in [0.5, 0.6) is 0 Å². The SMILES string of the molecule is Cc1cccc2c(-c3ccc(-c4cccc5c(C)cccc45)c4nsnc34)cccc12. The molecule has 0 bridgehead atoms. The Balaban J connectivity index is 1.64. The molecule has 3 heteroatoms. The summed E-state index contributed by atoms with van der Waals surface area (Å²) >= 11 is 1.29. The van der Waals surface area contributed by atoms with E-state index in [-0.39, 0.29) is 0 Å². The third kappa shape index (κ3) is 2.77.